The molecule has 0 amide bonds. The Kier molecular flexibility index (Phi) is 3.71. The standard InChI is InChI=1S/C11H15FN4O2/c1-14-4-5-15(8-10(14)6-12)9-2-3-11(13-7-9)16(17)18/h2-3,7,10H,4-6,8H2,1H3/t10-/m1/s1. The van der Waals surface area contributed by atoms with Crippen LogP contribution in [0, 0.1) is 10.1 Å². The Morgan fingerprint density at radius 2 is 2.33 bits per heavy atom. The van der Waals surface area contributed by atoms with Gasteiger partial charge in [-0.25, -0.2) is 4.39 Å². The van der Waals surface area contributed by atoms with Crippen LogP contribution < -0.4 is 4.90 Å². The Morgan fingerprint density at radius 1 is 1.56 bits per heavy atom. The summed E-state index contributed by atoms with van der Waals surface area (Å²) >= 11 is 0. The van der Waals surface area contributed by atoms with Gasteiger partial charge < -0.3 is 15.0 Å². The Labute approximate surface area is 104 Å². The van der Waals surface area contributed by atoms with Crippen molar-refractivity contribution in [3.63, 3.8) is 0 Å². The summed E-state index contributed by atoms with van der Waals surface area (Å²) in [7, 11) is 1.90. The van der Waals surface area contributed by atoms with E-state index in [1.54, 1.807) is 6.07 Å². The van der Waals surface area contributed by atoms with Gasteiger partial charge in [-0.1, -0.05) is 0 Å². The molecule has 0 radical (unpaired) electrons. The van der Waals surface area contributed by atoms with E-state index in [1.807, 2.05) is 16.8 Å². The van der Waals surface area contributed by atoms with Crippen molar-refractivity contribution in [1.29, 1.82) is 0 Å². The predicted molar refractivity (Wildman–Crippen MR) is 65.5 cm³/mol. The molecule has 18 heavy (non-hydrogen) atoms. The molecule has 2 heterocycles. The van der Waals surface area contributed by atoms with E-state index in [0.717, 1.165) is 18.8 Å². The van der Waals surface area contributed by atoms with Gasteiger partial charge >= 0.3 is 5.82 Å². The molecule has 0 aromatic carbocycles. The Morgan fingerprint density at radius 3 is 2.89 bits per heavy atom. The van der Waals surface area contributed by atoms with E-state index in [0.29, 0.717) is 6.54 Å². The van der Waals surface area contributed by atoms with Crippen LogP contribution in [0.4, 0.5) is 15.9 Å². The van der Waals surface area contributed by atoms with Crippen LogP contribution in [-0.4, -0.2) is 54.2 Å². The first-order chi connectivity index (χ1) is 8.61. The molecule has 1 aromatic rings. The maximum atomic E-state index is 12.8. The first kappa shape index (κ1) is 12.7. The molecule has 0 saturated carbocycles. The number of anilines is 1. The second-order valence-electron chi connectivity index (χ2n) is 4.37. The van der Waals surface area contributed by atoms with Crippen LogP contribution in [0.2, 0.25) is 0 Å². The number of hydrogen-bond donors (Lipinski definition) is 0. The van der Waals surface area contributed by atoms with E-state index >= 15 is 0 Å². The monoisotopic (exact) mass is 254 g/mol. The van der Waals surface area contributed by atoms with Gasteiger partial charge in [0.2, 0.25) is 0 Å². The molecule has 1 aliphatic heterocycles. The van der Waals surface area contributed by atoms with Gasteiger partial charge in [0, 0.05) is 25.7 Å². The zero-order valence-corrected chi connectivity index (χ0v) is 10.1. The van der Waals surface area contributed by atoms with Gasteiger partial charge in [-0.05, 0) is 23.0 Å². The third kappa shape index (κ3) is 2.56. The van der Waals surface area contributed by atoms with Crippen LogP contribution >= 0.6 is 0 Å². The number of halogens is 1. The van der Waals surface area contributed by atoms with E-state index in [9.17, 15) is 14.5 Å². The van der Waals surface area contributed by atoms with Gasteiger partial charge in [0.25, 0.3) is 0 Å². The summed E-state index contributed by atoms with van der Waals surface area (Å²) in [5, 5.41) is 10.5. The lowest BCUT2D eigenvalue weighted by Gasteiger charge is -2.38. The summed E-state index contributed by atoms with van der Waals surface area (Å²) in [4.78, 5) is 17.7. The molecule has 0 spiro atoms. The maximum Gasteiger partial charge on any atom is 0.363 e. The van der Waals surface area contributed by atoms with Crippen LogP contribution in [0.15, 0.2) is 18.3 Å². The first-order valence-electron chi connectivity index (χ1n) is 5.73. The molecule has 1 aromatic heterocycles. The highest BCUT2D eigenvalue weighted by atomic mass is 19.1. The molecule has 0 unspecified atom stereocenters. The lowest BCUT2D eigenvalue weighted by molar-refractivity contribution is -0.389. The fourth-order valence-corrected chi connectivity index (χ4v) is 2.02. The minimum atomic E-state index is -0.530. The zero-order chi connectivity index (χ0) is 13.1. The number of nitro groups is 1. The summed E-state index contributed by atoms with van der Waals surface area (Å²) in [6.45, 7) is 1.72. The van der Waals surface area contributed by atoms with E-state index in [4.69, 9.17) is 0 Å². The minimum absolute atomic E-state index is 0.131. The molecule has 1 fully saturated rings. The highest BCUT2D eigenvalue weighted by Gasteiger charge is 2.25. The molecular formula is C11H15FN4O2. The average Bonchev–Trinajstić information content (AvgIpc) is 2.39. The summed E-state index contributed by atoms with van der Waals surface area (Å²) in [6, 6.07) is 2.90. The number of alkyl halides is 1. The molecule has 0 bridgehead atoms. The topological polar surface area (TPSA) is 62.5 Å². The molecule has 0 N–H and O–H groups in total. The highest BCUT2D eigenvalue weighted by molar-refractivity contribution is 5.47. The summed E-state index contributed by atoms with van der Waals surface area (Å²) in [6.07, 6.45) is 1.47. The van der Waals surface area contributed by atoms with Crippen LogP contribution in [0.25, 0.3) is 0 Å². The second-order valence-corrected chi connectivity index (χ2v) is 4.37. The highest BCUT2D eigenvalue weighted by Crippen LogP contribution is 2.19. The van der Waals surface area contributed by atoms with Crippen molar-refractivity contribution in [3.05, 3.63) is 28.4 Å². The minimum Gasteiger partial charge on any atom is -0.366 e. The lowest BCUT2D eigenvalue weighted by Crippen LogP contribution is -2.52. The Bertz CT molecular complexity index is 426. The molecule has 1 saturated heterocycles. The van der Waals surface area contributed by atoms with Gasteiger partial charge in [0.05, 0.1) is 11.7 Å². The molecule has 7 heteroatoms. The van der Waals surface area contributed by atoms with Crippen molar-refractivity contribution in [3.8, 4) is 0 Å². The van der Waals surface area contributed by atoms with Gasteiger partial charge in [-0.2, -0.15) is 0 Å². The molecule has 2 rings (SSSR count). The second kappa shape index (κ2) is 5.26. The number of aromatic nitrogens is 1. The fourth-order valence-electron chi connectivity index (χ4n) is 2.02. The predicted octanol–water partition coefficient (Wildman–Crippen LogP) is 1.08. The van der Waals surface area contributed by atoms with E-state index in [-0.39, 0.29) is 11.9 Å². The quantitative estimate of drug-likeness (QED) is 0.596. The van der Waals surface area contributed by atoms with Crippen LogP contribution in [0.1, 0.15) is 0 Å². The van der Waals surface area contributed by atoms with E-state index in [2.05, 4.69) is 4.98 Å². The van der Waals surface area contributed by atoms with Crippen molar-refractivity contribution in [2.75, 3.05) is 38.3 Å². The van der Waals surface area contributed by atoms with Crippen molar-refractivity contribution in [1.82, 2.24) is 9.88 Å². The van der Waals surface area contributed by atoms with Gasteiger partial charge in [0.1, 0.15) is 6.67 Å². The van der Waals surface area contributed by atoms with Crippen molar-refractivity contribution >= 4 is 11.5 Å². The van der Waals surface area contributed by atoms with Gasteiger partial charge in [-0.3, -0.25) is 4.90 Å². The number of hydrogen-bond acceptors (Lipinski definition) is 5. The summed E-state index contributed by atoms with van der Waals surface area (Å²) < 4.78 is 12.8. The normalized spacial score (nSPS) is 21.0. The van der Waals surface area contributed by atoms with Gasteiger partial charge in [0.15, 0.2) is 6.20 Å². The molecular weight excluding hydrogens is 239 g/mol. The van der Waals surface area contributed by atoms with Crippen LogP contribution in [0.3, 0.4) is 0 Å². The lowest BCUT2D eigenvalue weighted by atomic mass is 10.2. The molecule has 0 aliphatic carbocycles. The maximum absolute atomic E-state index is 12.8. The number of piperazine rings is 1. The Hall–Kier alpha value is -1.76. The third-order valence-electron chi connectivity index (χ3n) is 3.24. The van der Waals surface area contributed by atoms with Gasteiger partial charge in [-0.15, -0.1) is 0 Å². The van der Waals surface area contributed by atoms with Crippen LogP contribution in [0.5, 0.6) is 0 Å². The number of nitrogens with zero attached hydrogens (tertiary/aromatic N) is 4. The molecule has 1 atom stereocenters. The van der Waals surface area contributed by atoms with Crippen molar-refractivity contribution in [2.24, 2.45) is 0 Å². The average molecular weight is 254 g/mol. The smallest absolute Gasteiger partial charge is 0.363 e. The number of likely N-dealkylation sites (N-methyl/N-ethyl adjacent to an activating group) is 1. The Balaban J connectivity index is 2.09. The van der Waals surface area contributed by atoms with Crippen molar-refractivity contribution < 1.29 is 9.31 Å². The summed E-state index contributed by atoms with van der Waals surface area (Å²) in [5.41, 5.74) is 0.798. The first-order valence-corrected chi connectivity index (χ1v) is 5.73. The third-order valence-corrected chi connectivity index (χ3v) is 3.24. The number of rotatable bonds is 3. The van der Waals surface area contributed by atoms with E-state index < -0.39 is 11.6 Å². The van der Waals surface area contributed by atoms with E-state index in [1.165, 1.54) is 12.3 Å². The van der Waals surface area contributed by atoms with Crippen LogP contribution in [-0.2, 0) is 0 Å². The zero-order valence-electron chi connectivity index (χ0n) is 10.1. The molecule has 98 valence electrons. The molecule has 1 aliphatic rings. The summed E-state index contributed by atoms with van der Waals surface area (Å²) in [5.74, 6) is -0.171. The number of pyridine rings is 1. The molecule has 6 nitrogen and oxygen atoms in total. The fraction of sp³-hybridized carbons (Fsp3) is 0.545. The SMILES string of the molecule is CN1CCN(c2ccc([N+](=O)[O-])nc2)C[C@H]1CF. The van der Waals surface area contributed by atoms with Crippen molar-refractivity contribution in [2.45, 2.75) is 6.04 Å². The largest absolute Gasteiger partial charge is 0.366 e.